The second-order valence-electron chi connectivity index (χ2n) is 4.58. The SMILES string of the molecule is CCNCc1ccc(SCCC(C)C)c(Cl)c1. The Morgan fingerprint density at radius 3 is 2.71 bits per heavy atom. The molecule has 0 aromatic heterocycles. The van der Waals surface area contributed by atoms with Crippen LogP contribution in [0.15, 0.2) is 23.1 Å². The third kappa shape index (κ3) is 5.80. The third-order valence-corrected chi connectivity index (χ3v) is 4.06. The number of hydrogen-bond donors (Lipinski definition) is 1. The molecule has 1 rings (SSSR count). The normalized spacial score (nSPS) is 11.1. The number of benzene rings is 1. The Morgan fingerprint density at radius 1 is 1.35 bits per heavy atom. The summed E-state index contributed by atoms with van der Waals surface area (Å²) in [4.78, 5) is 1.20. The summed E-state index contributed by atoms with van der Waals surface area (Å²) in [6.07, 6.45) is 1.24. The molecule has 1 nitrogen and oxygen atoms in total. The first-order chi connectivity index (χ1) is 8.13. The lowest BCUT2D eigenvalue weighted by Crippen LogP contribution is -2.11. The molecule has 0 bridgehead atoms. The lowest BCUT2D eigenvalue weighted by atomic mass is 10.2. The van der Waals surface area contributed by atoms with Crippen molar-refractivity contribution in [2.75, 3.05) is 12.3 Å². The van der Waals surface area contributed by atoms with E-state index in [1.807, 2.05) is 11.8 Å². The number of halogens is 1. The van der Waals surface area contributed by atoms with Crippen LogP contribution in [-0.4, -0.2) is 12.3 Å². The van der Waals surface area contributed by atoms with Gasteiger partial charge in [-0.25, -0.2) is 0 Å². The second kappa shape index (κ2) is 8.02. The Balaban J connectivity index is 2.50. The highest BCUT2D eigenvalue weighted by atomic mass is 35.5. The average molecular weight is 272 g/mol. The number of hydrogen-bond acceptors (Lipinski definition) is 2. The molecule has 0 atom stereocenters. The van der Waals surface area contributed by atoms with Gasteiger partial charge in [-0.05, 0) is 42.3 Å². The lowest BCUT2D eigenvalue weighted by molar-refractivity contribution is 0.632. The molecule has 96 valence electrons. The van der Waals surface area contributed by atoms with Crippen LogP contribution < -0.4 is 5.32 Å². The molecule has 0 spiro atoms. The van der Waals surface area contributed by atoms with Crippen LogP contribution >= 0.6 is 23.4 Å². The zero-order valence-electron chi connectivity index (χ0n) is 10.9. The van der Waals surface area contributed by atoms with Crippen LogP contribution in [0.5, 0.6) is 0 Å². The molecule has 0 heterocycles. The van der Waals surface area contributed by atoms with Gasteiger partial charge in [0.2, 0.25) is 0 Å². The van der Waals surface area contributed by atoms with E-state index >= 15 is 0 Å². The molecule has 0 saturated carbocycles. The van der Waals surface area contributed by atoms with E-state index in [2.05, 4.69) is 44.3 Å². The van der Waals surface area contributed by atoms with Gasteiger partial charge in [0.05, 0.1) is 5.02 Å². The van der Waals surface area contributed by atoms with Crippen molar-refractivity contribution in [2.24, 2.45) is 5.92 Å². The van der Waals surface area contributed by atoms with Crippen LogP contribution in [0.25, 0.3) is 0 Å². The van der Waals surface area contributed by atoms with E-state index in [9.17, 15) is 0 Å². The van der Waals surface area contributed by atoms with Gasteiger partial charge in [0.25, 0.3) is 0 Å². The number of nitrogens with one attached hydrogen (secondary N) is 1. The first-order valence-corrected chi connectivity index (χ1v) is 7.61. The Bertz CT molecular complexity index is 339. The van der Waals surface area contributed by atoms with Gasteiger partial charge in [0, 0.05) is 11.4 Å². The van der Waals surface area contributed by atoms with E-state index in [-0.39, 0.29) is 0 Å². The molecule has 0 saturated heterocycles. The fraction of sp³-hybridized carbons (Fsp3) is 0.571. The summed E-state index contributed by atoms with van der Waals surface area (Å²) in [5, 5.41) is 4.19. The molecule has 1 N–H and O–H groups in total. The molecule has 0 aliphatic heterocycles. The largest absolute Gasteiger partial charge is 0.313 e. The molecule has 0 aliphatic carbocycles. The first-order valence-electron chi connectivity index (χ1n) is 6.25. The van der Waals surface area contributed by atoms with Gasteiger partial charge in [0.15, 0.2) is 0 Å². The summed E-state index contributed by atoms with van der Waals surface area (Å²) in [6.45, 7) is 8.50. The second-order valence-corrected chi connectivity index (χ2v) is 6.12. The summed E-state index contributed by atoms with van der Waals surface area (Å²) in [5.74, 6) is 1.90. The minimum absolute atomic E-state index is 0.759. The molecule has 0 radical (unpaired) electrons. The van der Waals surface area contributed by atoms with Crippen molar-refractivity contribution < 1.29 is 0 Å². The van der Waals surface area contributed by atoms with Crippen LogP contribution in [0.3, 0.4) is 0 Å². The van der Waals surface area contributed by atoms with E-state index in [4.69, 9.17) is 11.6 Å². The summed E-state index contributed by atoms with van der Waals surface area (Å²) in [6, 6.07) is 6.37. The van der Waals surface area contributed by atoms with E-state index in [0.29, 0.717) is 0 Å². The summed E-state index contributed by atoms with van der Waals surface area (Å²) >= 11 is 8.13. The van der Waals surface area contributed by atoms with Crippen molar-refractivity contribution in [3.05, 3.63) is 28.8 Å². The van der Waals surface area contributed by atoms with Gasteiger partial charge in [-0.3, -0.25) is 0 Å². The van der Waals surface area contributed by atoms with Gasteiger partial charge < -0.3 is 5.32 Å². The van der Waals surface area contributed by atoms with Crippen molar-refractivity contribution in [3.8, 4) is 0 Å². The van der Waals surface area contributed by atoms with Gasteiger partial charge in [-0.2, -0.15) is 0 Å². The van der Waals surface area contributed by atoms with Crippen LogP contribution in [-0.2, 0) is 6.54 Å². The Hall–Kier alpha value is -0.180. The van der Waals surface area contributed by atoms with Crippen LogP contribution in [0.1, 0.15) is 32.8 Å². The molecule has 0 amide bonds. The summed E-state index contributed by atoms with van der Waals surface area (Å²) in [5.41, 5.74) is 1.25. The highest BCUT2D eigenvalue weighted by Crippen LogP contribution is 2.29. The van der Waals surface area contributed by atoms with Crippen molar-refractivity contribution in [2.45, 2.75) is 38.6 Å². The highest BCUT2D eigenvalue weighted by molar-refractivity contribution is 7.99. The first kappa shape index (κ1) is 14.9. The summed E-state index contributed by atoms with van der Waals surface area (Å²) in [7, 11) is 0. The Kier molecular flexibility index (Phi) is 7.02. The summed E-state index contributed by atoms with van der Waals surface area (Å²) < 4.78 is 0. The minimum atomic E-state index is 0.759. The molecule has 17 heavy (non-hydrogen) atoms. The van der Waals surface area contributed by atoms with E-state index in [1.54, 1.807) is 0 Å². The monoisotopic (exact) mass is 271 g/mol. The maximum Gasteiger partial charge on any atom is 0.0545 e. The Labute approximate surface area is 114 Å². The quantitative estimate of drug-likeness (QED) is 0.728. The fourth-order valence-electron chi connectivity index (χ4n) is 1.45. The topological polar surface area (TPSA) is 12.0 Å². The predicted molar refractivity (Wildman–Crippen MR) is 79.0 cm³/mol. The minimum Gasteiger partial charge on any atom is -0.313 e. The van der Waals surface area contributed by atoms with Crippen molar-refractivity contribution >= 4 is 23.4 Å². The fourth-order valence-corrected chi connectivity index (χ4v) is 2.98. The maximum atomic E-state index is 6.28. The molecule has 1 aromatic carbocycles. The van der Waals surface area contributed by atoms with E-state index in [1.165, 1.54) is 16.9 Å². The van der Waals surface area contributed by atoms with Gasteiger partial charge >= 0.3 is 0 Å². The lowest BCUT2D eigenvalue weighted by Gasteiger charge is -2.08. The zero-order chi connectivity index (χ0) is 12.7. The van der Waals surface area contributed by atoms with Crippen molar-refractivity contribution in [3.63, 3.8) is 0 Å². The molecular formula is C14H22ClNS. The maximum absolute atomic E-state index is 6.28. The average Bonchev–Trinajstić information content (AvgIpc) is 2.28. The Morgan fingerprint density at radius 2 is 2.12 bits per heavy atom. The predicted octanol–water partition coefficient (Wildman–Crippen LogP) is 4.59. The van der Waals surface area contributed by atoms with Crippen LogP contribution in [0.4, 0.5) is 0 Å². The smallest absolute Gasteiger partial charge is 0.0545 e. The molecule has 0 fully saturated rings. The van der Waals surface area contributed by atoms with Crippen LogP contribution in [0.2, 0.25) is 5.02 Å². The van der Waals surface area contributed by atoms with Crippen LogP contribution in [0, 0.1) is 5.92 Å². The van der Waals surface area contributed by atoms with E-state index < -0.39 is 0 Å². The molecule has 0 unspecified atom stereocenters. The number of rotatable bonds is 7. The standard InChI is InChI=1S/C14H22ClNS/c1-4-16-10-12-5-6-14(13(15)9-12)17-8-7-11(2)3/h5-6,9,11,16H,4,7-8,10H2,1-3H3. The third-order valence-electron chi connectivity index (χ3n) is 2.53. The van der Waals surface area contributed by atoms with Crippen molar-refractivity contribution in [1.29, 1.82) is 0 Å². The molecule has 0 aliphatic rings. The van der Waals surface area contributed by atoms with E-state index in [0.717, 1.165) is 29.8 Å². The van der Waals surface area contributed by atoms with Gasteiger partial charge in [-0.15, -0.1) is 11.8 Å². The highest BCUT2D eigenvalue weighted by Gasteiger charge is 2.03. The molecule has 1 aromatic rings. The molecule has 3 heteroatoms. The molecular weight excluding hydrogens is 250 g/mol. The number of thioether (sulfide) groups is 1. The van der Waals surface area contributed by atoms with Gasteiger partial charge in [0.1, 0.15) is 0 Å². The van der Waals surface area contributed by atoms with Crippen molar-refractivity contribution in [1.82, 2.24) is 5.32 Å². The van der Waals surface area contributed by atoms with Gasteiger partial charge in [-0.1, -0.05) is 38.4 Å². The zero-order valence-corrected chi connectivity index (χ0v) is 12.5.